The van der Waals surface area contributed by atoms with Gasteiger partial charge in [0.2, 0.25) is 6.41 Å². The van der Waals surface area contributed by atoms with E-state index in [0.29, 0.717) is 12.0 Å². The van der Waals surface area contributed by atoms with Crippen molar-refractivity contribution in [1.29, 1.82) is 0 Å². The molecule has 41 heavy (non-hydrogen) atoms. The number of rotatable bonds is 11. The first kappa shape index (κ1) is 35.5. The highest BCUT2D eigenvalue weighted by Crippen LogP contribution is 2.36. The van der Waals surface area contributed by atoms with Gasteiger partial charge in [0.25, 0.3) is 0 Å². The molecular weight excluding hydrogens is 508 g/mol. The zero-order valence-electron chi connectivity index (χ0n) is 26.2. The Labute approximate surface area is 249 Å². The van der Waals surface area contributed by atoms with Crippen LogP contribution in [-0.4, -0.2) is 53.9 Å². The van der Waals surface area contributed by atoms with Crippen molar-refractivity contribution >= 4 is 6.41 Å². The van der Waals surface area contributed by atoms with E-state index in [1.165, 1.54) is 28.7 Å². The molecule has 1 aromatic heterocycles. The maximum atomic E-state index is 9.57. The fraction of sp³-hybridized carbons (Fsp3) is 0.486. The summed E-state index contributed by atoms with van der Waals surface area (Å²) >= 11 is 0. The van der Waals surface area contributed by atoms with Crippen LogP contribution in [0.3, 0.4) is 0 Å². The molecule has 1 amide bonds. The normalized spacial score (nSPS) is 17.7. The molecule has 2 aliphatic rings. The summed E-state index contributed by atoms with van der Waals surface area (Å²) in [6.07, 6.45) is 27.4. The lowest BCUT2D eigenvalue weighted by Gasteiger charge is -2.25. The van der Waals surface area contributed by atoms with Crippen molar-refractivity contribution in [2.24, 2.45) is 0 Å². The first-order valence-electron chi connectivity index (χ1n) is 14.9. The van der Waals surface area contributed by atoms with E-state index < -0.39 is 0 Å². The van der Waals surface area contributed by atoms with Crippen LogP contribution in [0.2, 0.25) is 0 Å². The predicted octanol–water partition coefficient (Wildman–Crippen LogP) is 7.09. The molecule has 1 aliphatic carbocycles. The highest BCUT2D eigenvalue weighted by Gasteiger charge is 2.33. The second kappa shape index (κ2) is 21.2. The van der Waals surface area contributed by atoms with Crippen LogP contribution in [0.1, 0.15) is 76.8 Å². The molecular formula is C35H52N4O2. The van der Waals surface area contributed by atoms with Crippen molar-refractivity contribution in [3.63, 3.8) is 0 Å². The van der Waals surface area contributed by atoms with Crippen LogP contribution in [0, 0.1) is 19.8 Å². The van der Waals surface area contributed by atoms with Crippen LogP contribution < -0.4 is 10.1 Å². The van der Waals surface area contributed by atoms with Crippen molar-refractivity contribution in [2.45, 2.75) is 85.2 Å². The summed E-state index contributed by atoms with van der Waals surface area (Å²) in [5.74, 6) is 1.54. The van der Waals surface area contributed by atoms with Crippen molar-refractivity contribution in [1.82, 2.24) is 20.0 Å². The Balaban J connectivity index is 0.000000662. The molecule has 2 heterocycles. The van der Waals surface area contributed by atoms with Gasteiger partial charge in [-0.3, -0.25) is 14.4 Å². The van der Waals surface area contributed by atoms with E-state index in [1.807, 2.05) is 26.1 Å². The van der Waals surface area contributed by atoms with Gasteiger partial charge in [-0.25, -0.2) is 0 Å². The average Bonchev–Trinajstić information content (AvgIpc) is 3.62. The standard InChI is InChI=1S/C26H33N3O.C5H11NO.C2H6.C2H2/c1-20-6-4-7-22(9-8-20)18-28-19-24(23-10-11-26(30-3)21(2)16-23)17-25(28)12-15-29-14-5-13-27-29;1-2-3-4-6-5-7;2*1-2/h4-7,9-11,13-14,16,24-25H,8,12,15,17-19H2,1-3H3;5H,2-4H2,1H3,(H,6,7);1-2H3;1-2H. The molecule has 224 valence electrons. The molecule has 1 fully saturated rings. The fourth-order valence-electron chi connectivity index (χ4n) is 5.04. The summed E-state index contributed by atoms with van der Waals surface area (Å²) in [5.41, 5.74) is 5.50. The highest BCUT2D eigenvalue weighted by molar-refractivity contribution is 5.45. The number of methoxy groups -OCH3 is 1. The Bertz CT molecular complexity index is 1100. The molecule has 6 heteroatoms. The fourth-order valence-corrected chi connectivity index (χ4v) is 5.04. The third-order valence-electron chi connectivity index (χ3n) is 7.19. The second-order valence-electron chi connectivity index (χ2n) is 10.1. The van der Waals surface area contributed by atoms with Crippen LogP contribution >= 0.6 is 0 Å². The van der Waals surface area contributed by atoms with E-state index >= 15 is 0 Å². The molecule has 6 nitrogen and oxygen atoms in total. The number of hydrogen-bond acceptors (Lipinski definition) is 4. The number of amides is 1. The third-order valence-corrected chi connectivity index (χ3v) is 7.19. The molecule has 1 saturated heterocycles. The number of carbonyl (C=O) groups excluding carboxylic acids is 1. The number of carbonyl (C=O) groups is 1. The Morgan fingerprint density at radius 3 is 2.63 bits per heavy atom. The molecule has 1 aliphatic heterocycles. The molecule has 0 saturated carbocycles. The van der Waals surface area contributed by atoms with E-state index in [9.17, 15) is 4.79 Å². The molecule has 0 bridgehead atoms. The SMILES string of the molecule is C#C.CC.CCCCNC=O.COc1ccc(C2CC(CCn3cccn3)N(CC3=CCC(C)=CC=C3)C2)cc1C. The van der Waals surface area contributed by atoms with Crippen LogP contribution in [0.4, 0.5) is 0 Å². The maximum absolute atomic E-state index is 9.57. The van der Waals surface area contributed by atoms with E-state index in [1.54, 1.807) is 7.11 Å². The Kier molecular flexibility index (Phi) is 18.4. The predicted molar refractivity (Wildman–Crippen MR) is 173 cm³/mol. The van der Waals surface area contributed by atoms with E-state index in [2.05, 4.69) is 102 Å². The van der Waals surface area contributed by atoms with Gasteiger partial charge in [-0.2, -0.15) is 5.10 Å². The quantitative estimate of drug-likeness (QED) is 0.181. The molecule has 2 aromatic rings. The number of nitrogens with zero attached hydrogens (tertiary/aromatic N) is 3. The number of hydrogen-bond donors (Lipinski definition) is 1. The van der Waals surface area contributed by atoms with Gasteiger partial charge in [0.1, 0.15) is 5.75 Å². The van der Waals surface area contributed by atoms with Gasteiger partial charge >= 0.3 is 0 Å². The van der Waals surface area contributed by atoms with E-state index in [0.717, 1.165) is 64.0 Å². The lowest BCUT2D eigenvalue weighted by molar-refractivity contribution is -0.109. The molecule has 4 rings (SSSR count). The van der Waals surface area contributed by atoms with Gasteiger partial charge in [0.15, 0.2) is 0 Å². The number of aryl methyl sites for hydroxylation is 2. The van der Waals surface area contributed by atoms with Crippen LogP contribution in [0.15, 0.2) is 72.1 Å². The lowest BCUT2D eigenvalue weighted by atomic mass is 9.94. The number of nitrogens with one attached hydrogen (secondary N) is 1. The number of terminal acetylenes is 1. The lowest BCUT2D eigenvalue weighted by Crippen LogP contribution is -2.32. The second-order valence-corrected chi connectivity index (χ2v) is 10.1. The van der Waals surface area contributed by atoms with Crippen molar-refractivity contribution < 1.29 is 9.53 Å². The van der Waals surface area contributed by atoms with Gasteiger partial charge in [-0.15, -0.1) is 12.8 Å². The smallest absolute Gasteiger partial charge is 0.207 e. The van der Waals surface area contributed by atoms with Gasteiger partial charge in [-0.05, 0) is 74.3 Å². The van der Waals surface area contributed by atoms with Crippen LogP contribution in [0.5, 0.6) is 5.75 Å². The van der Waals surface area contributed by atoms with Gasteiger partial charge < -0.3 is 10.1 Å². The zero-order chi connectivity index (χ0) is 30.5. The largest absolute Gasteiger partial charge is 0.496 e. The maximum Gasteiger partial charge on any atom is 0.207 e. The topological polar surface area (TPSA) is 59.4 Å². The molecule has 2 unspecified atom stereocenters. The summed E-state index contributed by atoms with van der Waals surface area (Å²) in [4.78, 5) is 12.3. The monoisotopic (exact) mass is 560 g/mol. The number of benzene rings is 1. The Morgan fingerprint density at radius 1 is 1.22 bits per heavy atom. The first-order chi connectivity index (χ1) is 20.0. The number of likely N-dealkylation sites (tertiary alicyclic amines) is 1. The number of allylic oxidation sites excluding steroid dienone is 4. The summed E-state index contributed by atoms with van der Waals surface area (Å²) in [7, 11) is 1.75. The minimum Gasteiger partial charge on any atom is -0.496 e. The first-order valence-corrected chi connectivity index (χ1v) is 14.9. The van der Waals surface area contributed by atoms with E-state index in [-0.39, 0.29) is 0 Å². The summed E-state index contributed by atoms with van der Waals surface area (Å²) in [6.45, 7) is 14.3. The van der Waals surface area contributed by atoms with Crippen molar-refractivity contribution in [3.05, 3.63) is 83.2 Å². The van der Waals surface area contributed by atoms with Gasteiger partial charge in [0, 0.05) is 44.6 Å². The number of aromatic nitrogens is 2. The van der Waals surface area contributed by atoms with Crippen molar-refractivity contribution in [3.8, 4) is 18.6 Å². The molecule has 1 N–H and O–H groups in total. The highest BCUT2D eigenvalue weighted by atomic mass is 16.5. The molecule has 0 spiro atoms. The van der Waals surface area contributed by atoms with E-state index in [4.69, 9.17) is 4.74 Å². The van der Waals surface area contributed by atoms with Gasteiger partial charge in [-0.1, -0.05) is 69.2 Å². The molecule has 0 radical (unpaired) electrons. The zero-order valence-corrected chi connectivity index (χ0v) is 26.2. The summed E-state index contributed by atoms with van der Waals surface area (Å²) < 4.78 is 7.52. The molecule has 2 atom stereocenters. The van der Waals surface area contributed by atoms with Crippen LogP contribution in [0.25, 0.3) is 0 Å². The van der Waals surface area contributed by atoms with Crippen LogP contribution in [-0.2, 0) is 11.3 Å². The average molecular weight is 561 g/mol. The Morgan fingerprint density at radius 2 is 2.00 bits per heavy atom. The third kappa shape index (κ3) is 12.7. The Hall–Kier alpha value is -3.56. The number of ether oxygens (including phenoxy) is 1. The minimum absolute atomic E-state index is 0.562. The van der Waals surface area contributed by atoms with Crippen molar-refractivity contribution in [2.75, 3.05) is 26.7 Å². The number of unbranched alkanes of at least 4 members (excludes halogenated alkanes) is 1. The molecule has 1 aromatic carbocycles. The summed E-state index contributed by atoms with van der Waals surface area (Å²) in [5, 5.41) is 6.97. The summed E-state index contributed by atoms with van der Waals surface area (Å²) in [6, 6.07) is 9.26. The minimum atomic E-state index is 0.562. The van der Waals surface area contributed by atoms with Gasteiger partial charge in [0.05, 0.1) is 7.11 Å².